The van der Waals surface area contributed by atoms with Crippen LogP contribution in [0.4, 0.5) is 5.69 Å². The molecule has 0 fully saturated rings. The molecule has 3 aromatic rings. The Morgan fingerprint density at radius 3 is 2.43 bits per heavy atom. The predicted octanol–water partition coefficient (Wildman–Crippen LogP) is 3.48. The summed E-state index contributed by atoms with van der Waals surface area (Å²) in [4.78, 5) is 24.3. The second-order valence-corrected chi connectivity index (χ2v) is 6.23. The van der Waals surface area contributed by atoms with Crippen molar-refractivity contribution >= 4 is 17.5 Å². The Balaban J connectivity index is 1.69. The molecule has 0 saturated carbocycles. The van der Waals surface area contributed by atoms with Gasteiger partial charge in [0.15, 0.2) is 0 Å². The summed E-state index contributed by atoms with van der Waals surface area (Å²) in [6.07, 6.45) is 0. The van der Waals surface area contributed by atoms with Crippen molar-refractivity contribution in [3.05, 3.63) is 76.7 Å². The lowest BCUT2D eigenvalue weighted by atomic mass is 10.1. The van der Waals surface area contributed by atoms with E-state index >= 15 is 0 Å². The number of hydrogen-bond acceptors (Lipinski definition) is 5. The maximum Gasteiger partial charge on any atom is 0.255 e. The molecular formula is C21H21N3O4. The van der Waals surface area contributed by atoms with Gasteiger partial charge in [0.25, 0.3) is 11.8 Å². The van der Waals surface area contributed by atoms with Gasteiger partial charge < -0.3 is 19.9 Å². The molecule has 2 amide bonds. The van der Waals surface area contributed by atoms with Crippen molar-refractivity contribution in [2.45, 2.75) is 20.5 Å². The molecule has 28 heavy (non-hydrogen) atoms. The summed E-state index contributed by atoms with van der Waals surface area (Å²) in [5, 5.41) is 9.25. The highest BCUT2D eigenvalue weighted by atomic mass is 16.5. The minimum absolute atomic E-state index is 0.217. The lowest BCUT2D eigenvalue weighted by molar-refractivity contribution is 0.0961. The van der Waals surface area contributed by atoms with Crippen molar-refractivity contribution in [3.8, 4) is 5.75 Å². The molecule has 0 aliphatic carbocycles. The van der Waals surface area contributed by atoms with Gasteiger partial charge in [-0.1, -0.05) is 17.3 Å². The van der Waals surface area contributed by atoms with Crippen LogP contribution in [0.25, 0.3) is 0 Å². The molecule has 7 heteroatoms. The zero-order valence-corrected chi connectivity index (χ0v) is 15.9. The largest absolute Gasteiger partial charge is 0.489 e. The summed E-state index contributed by atoms with van der Waals surface area (Å²) in [5.41, 5.74) is 3.12. The minimum Gasteiger partial charge on any atom is -0.489 e. The number of aromatic nitrogens is 1. The van der Waals surface area contributed by atoms with E-state index in [4.69, 9.17) is 9.26 Å². The average molecular weight is 379 g/mol. The number of benzene rings is 2. The Morgan fingerprint density at radius 2 is 1.75 bits per heavy atom. The molecule has 0 bridgehead atoms. The van der Waals surface area contributed by atoms with Crippen molar-refractivity contribution in [2.75, 3.05) is 12.4 Å². The minimum atomic E-state index is -0.295. The van der Waals surface area contributed by atoms with Crippen molar-refractivity contribution in [2.24, 2.45) is 0 Å². The summed E-state index contributed by atoms with van der Waals surface area (Å²) in [7, 11) is 1.56. The van der Waals surface area contributed by atoms with Gasteiger partial charge in [-0.2, -0.15) is 0 Å². The van der Waals surface area contributed by atoms with Crippen LogP contribution in [0, 0.1) is 13.8 Å². The molecule has 144 valence electrons. The highest BCUT2D eigenvalue weighted by Crippen LogP contribution is 2.19. The first-order valence-electron chi connectivity index (χ1n) is 8.76. The molecule has 0 aliphatic rings. The SMILES string of the molecule is CNC(=O)c1cccc(NC(=O)c2cccc(OCc3c(C)noc3C)c2)c1. The molecule has 0 unspecified atom stereocenters. The number of carbonyl (C=O) groups excluding carboxylic acids is 2. The van der Waals surface area contributed by atoms with Crippen molar-refractivity contribution in [1.29, 1.82) is 0 Å². The van der Waals surface area contributed by atoms with Crippen molar-refractivity contribution in [3.63, 3.8) is 0 Å². The third kappa shape index (κ3) is 4.37. The second kappa shape index (κ2) is 8.39. The predicted molar refractivity (Wildman–Crippen MR) is 105 cm³/mol. The quantitative estimate of drug-likeness (QED) is 0.684. The summed E-state index contributed by atoms with van der Waals surface area (Å²) in [5.74, 6) is 0.761. The Kier molecular flexibility index (Phi) is 5.74. The summed E-state index contributed by atoms with van der Waals surface area (Å²) < 4.78 is 10.9. The van der Waals surface area contributed by atoms with Crippen LogP contribution in [0.15, 0.2) is 53.1 Å². The zero-order chi connectivity index (χ0) is 20.1. The lowest BCUT2D eigenvalue weighted by Gasteiger charge is -2.09. The van der Waals surface area contributed by atoms with E-state index in [1.807, 2.05) is 13.8 Å². The van der Waals surface area contributed by atoms with Crippen LogP contribution in [0.3, 0.4) is 0 Å². The molecule has 0 aliphatic heterocycles. The summed E-state index contributed by atoms with van der Waals surface area (Å²) >= 11 is 0. The Hall–Kier alpha value is -3.61. The highest BCUT2D eigenvalue weighted by molar-refractivity contribution is 6.05. The molecule has 0 radical (unpaired) electrons. The summed E-state index contributed by atoms with van der Waals surface area (Å²) in [6.45, 7) is 3.99. The van der Waals surface area contributed by atoms with E-state index in [0.717, 1.165) is 11.3 Å². The number of hydrogen-bond donors (Lipinski definition) is 2. The fourth-order valence-corrected chi connectivity index (χ4v) is 2.68. The maximum absolute atomic E-state index is 12.6. The first kappa shape index (κ1) is 19.2. The van der Waals surface area contributed by atoms with Crippen molar-refractivity contribution < 1.29 is 18.8 Å². The zero-order valence-electron chi connectivity index (χ0n) is 15.9. The van der Waals surface area contributed by atoms with Gasteiger partial charge >= 0.3 is 0 Å². The van der Waals surface area contributed by atoms with E-state index < -0.39 is 0 Å². The summed E-state index contributed by atoms with van der Waals surface area (Å²) in [6, 6.07) is 13.6. The molecule has 0 spiro atoms. The molecule has 3 rings (SSSR count). The van der Waals surface area contributed by atoms with Gasteiger partial charge in [0, 0.05) is 23.9 Å². The van der Waals surface area contributed by atoms with Gasteiger partial charge in [0.05, 0.1) is 11.3 Å². The molecule has 0 saturated heterocycles. The lowest BCUT2D eigenvalue weighted by Crippen LogP contribution is -2.18. The van der Waals surface area contributed by atoms with Crippen LogP contribution >= 0.6 is 0 Å². The maximum atomic E-state index is 12.6. The van der Waals surface area contributed by atoms with Crippen LogP contribution in [0.2, 0.25) is 0 Å². The van der Waals surface area contributed by atoms with Gasteiger partial charge in [-0.05, 0) is 50.2 Å². The number of anilines is 1. The van der Waals surface area contributed by atoms with E-state index in [9.17, 15) is 9.59 Å². The Bertz CT molecular complexity index is 991. The van der Waals surface area contributed by atoms with Crippen LogP contribution in [-0.4, -0.2) is 24.0 Å². The molecule has 0 atom stereocenters. The van der Waals surface area contributed by atoms with Gasteiger partial charge in [-0.25, -0.2) is 0 Å². The number of rotatable bonds is 6. The smallest absolute Gasteiger partial charge is 0.255 e. The Morgan fingerprint density at radius 1 is 1.04 bits per heavy atom. The van der Waals surface area contributed by atoms with Gasteiger partial charge in [0.1, 0.15) is 18.1 Å². The van der Waals surface area contributed by atoms with E-state index in [2.05, 4.69) is 15.8 Å². The molecular weight excluding hydrogens is 358 g/mol. The van der Waals surface area contributed by atoms with E-state index in [-0.39, 0.29) is 11.8 Å². The van der Waals surface area contributed by atoms with Crippen LogP contribution in [0.5, 0.6) is 5.75 Å². The van der Waals surface area contributed by atoms with Gasteiger partial charge in [0.2, 0.25) is 0 Å². The number of amides is 2. The fourth-order valence-electron chi connectivity index (χ4n) is 2.68. The number of carbonyl (C=O) groups is 2. The van der Waals surface area contributed by atoms with E-state index in [1.165, 1.54) is 0 Å². The molecule has 2 N–H and O–H groups in total. The van der Waals surface area contributed by atoms with Crippen LogP contribution in [-0.2, 0) is 6.61 Å². The number of nitrogens with one attached hydrogen (secondary N) is 2. The van der Waals surface area contributed by atoms with Crippen molar-refractivity contribution in [1.82, 2.24) is 10.5 Å². The van der Waals surface area contributed by atoms with Crippen LogP contribution < -0.4 is 15.4 Å². The van der Waals surface area contributed by atoms with Crippen LogP contribution in [0.1, 0.15) is 37.7 Å². The third-order valence-electron chi connectivity index (χ3n) is 4.27. The highest BCUT2D eigenvalue weighted by Gasteiger charge is 2.12. The molecule has 1 aromatic heterocycles. The number of ether oxygens (including phenoxy) is 1. The third-order valence-corrected chi connectivity index (χ3v) is 4.27. The standard InChI is InChI=1S/C21H21N3O4/c1-13-19(14(2)28-24-13)12-27-18-9-5-7-16(11-18)21(26)23-17-8-4-6-15(10-17)20(25)22-3/h4-11H,12H2,1-3H3,(H,22,25)(H,23,26). The average Bonchev–Trinajstić information content (AvgIpc) is 3.03. The monoisotopic (exact) mass is 379 g/mol. The number of aryl methyl sites for hydroxylation is 2. The van der Waals surface area contributed by atoms with E-state index in [0.29, 0.717) is 34.9 Å². The van der Waals surface area contributed by atoms with Gasteiger partial charge in [-0.3, -0.25) is 9.59 Å². The first-order valence-corrected chi connectivity index (χ1v) is 8.76. The number of nitrogens with zero attached hydrogens (tertiary/aromatic N) is 1. The fraction of sp³-hybridized carbons (Fsp3) is 0.190. The molecule has 1 heterocycles. The normalized spacial score (nSPS) is 10.4. The molecule has 7 nitrogen and oxygen atoms in total. The van der Waals surface area contributed by atoms with Gasteiger partial charge in [-0.15, -0.1) is 0 Å². The topological polar surface area (TPSA) is 93.5 Å². The molecule has 2 aromatic carbocycles. The second-order valence-electron chi connectivity index (χ2n) is 6.23. The Labute approximate surface area is 162 Å². The first-order chi connectivity index (χ1) is 13.5. The van der Waals surface area contributed by atoms with E-state index in [1.54, 1.807) is 55.6 Å².